The van der Waals surface area contributed by atoms with Crippen LogP contribution in [0.1, 0.15) is 228 Å². The summed E-state index contributed by atoms with van der Waals surface area (Å²) in [5.41, 5.74) is 21.5. The van der Waals surface area contributed by atoms with Gasteiger partial charge in [-0.2, -0.15) is 0 Å². The topological polar surface area (TPSA) is 525 Å². The van der Waals surface area contributed by atoms with E-state index >= 15 is 0 Å². The van der Waals surface area contributed by atoms with Gasteiger partial charge in [-0.05, 0) is 122 Å². The second-order valence-electron chi connectivity index (χ2n) is 16.5. The van der Waals surface area contributed by atoms with Crippen LogP contribution in [0.25, 0.3) is 0 Å². The zero-order chi connectivity index (χ0) is 77.3. The molecule has 0 saturated carbocycles. The van der Waals surface area contributed by atoms with Crippen molar-refractivity contribution in [3.05, 3.63) is 96.6 Å². The van der Waals surface area contributed by atoms with E-state index in [1.54, 1.807) is 26.8 Å². The molecule has 1 aliphatic rings. The largest absolute Gasteiger partial charge is 0.394 e. The smallest absolute Gasteiger partial charge is 0.219 e. The first-order chi connectivity index (χ1) is 42.8. The number of aryl methyl sites for hydroxylation is 2. The van der Waals surface area contributed by atoms with Crippen LogP contribution in [0.2, 0.25) is 0 Å². The van der Waals surface area contributed by atoms with Crippen LogP contribution in [0.15, 0.2) is 85.5 Å². The molecule has 0 atom stereocenters. The molecule has 0 radical (unpaired) electrons. The Morgan fingerprint density at radius 3 is 0.684 bits per heavy atom. The van der Waals surface area contributed by atoms with Crippen molar-refractivity contribution in [2.24, 2.45) is 46.6 Å². The summed E-state index contributed by atoms with van der Waals surface area (Å²) < 4.78 is 0. The number of nitrogens with zero attached hydrogens (tertiary/aromatic N) is 1. The fourth-order valence-electron chi connectivity index (χ4n) is 2.98. The number of piperidine rings is 1. The van der Waals surface area contributed by atoms with Crippen LogP contribution in [0, 0.1) is 23.7 Å². The molecule has 0 unspecified atom stereocenters. The van der Waals surface area contributed by atoms with Crippen molar-refractivity contribution in [2.75, 3.05) is 40.8 Å². The monoisotopic (exact) mass is 1380 g/mol. The second-order valence-corrected chi connectivity index (χ2v) is 16.5. The van der Waals surface area contributed by atoms with E-state index in [4.69, 9.17) is 58.8 Å². The Kier molecular flexibility index (Phi) is 565. The summed E-state index contributed by atoms with van der Waals surface area (Å²) in [4.78, 5) is 92.6. The minimum Gasteiger partial charge on any atom is -0.394 e. The molecule has 1 heterocycles. The van der Waals surface area contributed by atoms with Crippen LogP contribution in [0.5, 0.6) is 0 Å². The highest BCUT2D eigenvalue weighted by molar-refractivity contribution is 5.73. The standard InChI is InChI=1S/2C8H10.C7H13NO.4C5H12.C5H8.C4H11N.C3H8O.2C2H6.3CH5N.10CH2O.6H3N/c2*1-2-8-6-4-3-5-7-8;1-7(9)8-5-3-2-4-6-8;4*1-4-5(2)3;1-3-5-4-2;1-2-3-4-5;1-3(2)4;15*1-2;;;;;;/h2*3-7H,2H2,1H3;2-6H2,1H3;4*5H,4H2,1-3H3;3-5H,1H2,2H3;2-5H2,1H3;3-4H,1-2H3;2*1-2H3;3*2H2,1H3;10*1H2;6*1H3/b;;;;;;;5-4-;;;;;;;;;;;;;;;;;;;;;;;. The maximum absolute atomic E-state index is 10.7. The van der Waals surface area contributed by atoms with Crippen molar-refractivity contribution in [1.29, 1.82) is 0 Å². The van der Waals surface area contributed by atoms with Crippen LogP contribution >= 0.6 is 0 Å². The summed E-state index contributed by atoms with van der Waals surface area (Å²) >= 11 is 0. The summed E-state index contributed by atoms with van der Waals surface area (Å²) in [7, 11) is 4.50. The minimum absolute atomic E-state index is 0. The zero-order valence-electron chi connectivity index (χ0n) is 67.5. The fourth-order valence-corrected chi connectivity index (χ4v) is 2.98. The number of likely N-dealkylation sites (tertiary alicyclic amines) is 1. The van der Waals surface area contributed by atoms with Gasteiger partial charge < -0.3 is 118 Å². The molecule has 95 heavy (non-hydrogen) atoms. The minimum atomic E-state index is -0.167. The molecule has 1 saturated heterocycles. The van der Waals surface area contributed by atoms with Gasteiger partial charge in [-0.15, -0.1) is 0 Å². The molecule has 1 fully saturated rings. The molecule has 3 rings (SSSR count). The van der Waals surface area contributed by atoms with Gasteiger partial charge in [0.25, 0.3) is 0 Å². The van der Waals surface area contributed by atoms with E-state index in [1.165, 1.54) is 90.1 Å². The number of aliphatic hydroxyl groups excluding tert-OH is 1. The average molecular weight is 1390 g/mol. The lowest BCUT2D eigenvalue weighted by molar-refractivity contribution is -0.129. The molecule has 588 valence electrons. The predicted octanol–water partition coefficient (Wildman–Crippen LogP) is 16.5. The third-order valence-corrected chi connectivity index (χ3v) is 8.46. The molecule has 0 aliphatic carbocycles. The summed E-state index contributed by atoms with van der Waals surface area (Å²) in [6.07, 6.45) is 19.0. The quantitative estimate of drug-likeness (QED) is 0.104. The van der Waals surface area contributed by atoms with Gasteiger partial charge in [0.1, 0.15) is 67.9 Å². The molecule has 0 aromatic heterocycles. The van der Waals surface area contributed by atoms with Crippen molar-refractivity contribution in [2.45, 2.75) is 236 Å². The predicted molar refractivity (Wildman–Crippen MR) is 429 cm³/mol. The van der Waals surface area contributed by atoms with E-state index < -0.39 is 0 Å². The number of hydrogen-bond acceptors (Lipinski definition) is 22. The van der Waals surface area contributed by atoms with Gasteiger partial charge in [-0.1, -0.05) is 249 Å². The summed E-state index contributed by atoms with van der Waals surface area (Å²) in [6.45, 7) is 74.3. The maximum Gasteiger partial charge on any atom is 0.219 e. The Morgan fingerprint density at radius 1 is 0.442 bits per heavy atom. The van der Waals surface area contributed by atoms with Gasteiger partial charge in [0.15, 0.2) is 0 Å². The first kappa shape index (κ1) is 185. The van der Waals surface area contributed by atoms with Crippen LogP contribution in [-0.2, 0) is 65.6 Å². The first-order valence-electron chi connectivity index (χ1n) is 30.4. The molecule has 23 nitrogen and oxygen atoms in total. The van der Waals surface area contributed by atoms with Gasteiger partial charge in [-0.25, -0.2) is 0 Å². The van der Waals surface area contributed by atoms with Crippen molar-refractivity contribution in [3.8, 4) is 0 Å². The van der Waals surface area contributed by atoms with Crippen LogP contribution in [0.4, 0.5) is 0 Å². The lowest BCUT2D eigenvalue weighted by atomic mass is 10.1. The van der Waals surface area contributed by atoms with E-state index in [1.807, 2.05) is 132 Å². The fraction of sp³-hybridized carbons (Fsp3) is 0.625. The number of unbranched alkanes of at least 4 members (excludes halogenated alkanes) is 1. The SMILES string of the molecule is C=C/C=C\C.C=O.C=O.C=O.C=O.C=O.C=O.C=O.C=O.C=O.C=O.CC.CC.CC(=O)N1CCCCC1.CC(C)O.CCC(C)C.CCC(C)C.CCC(C)C.CCC(C)C.CCCCN.CCc1ccccc1.CCc1ccccc1.CN.CN.CN.N.N.N.N.N.N. The van der Waals surface area contributed by atoms with E-state index in [2.05, 4.69) is 176 Å². The third kappa shape index (κ3) is 454. The van der Waals surface area contributed by atoms with Gasteiger partial charge in [0.2, 0.25) is 5.91 Å². The van der Waals surface area contributed by atoms with E-state index in [-0.39, 0.29) is 48.9 Å². The second kappa shape index (κ2) is 290. The van der Waals surface area contributed by atoms with Gasteiger partial charge >= 0.3 is 0 Å². The lowest BCUT2D eigenvalue weighted by Gasteiger charge is -2.24. The van der Waals surface area contributed by atoms with E-state index in [0.29, 0.717) is 0 Å². The molecule has 1 amide bonds. The van der Waals surface area contributed by atoms with Gasteiger partial charge in [-0.3, -0.25) is 4.79 Å². The number of carbonyl (C=O) groups excluding carboxylic acids is 11. The molecule has 1 aliphatic heterocycles. The van der Waals surface area contributed by atoms with E-state index in [9.17, 15) is 4.79 Å². The van der Waals surface area contributed by atoms with Crippen LogP contribution < -0.4 is 59.8 Å². The summed E-state index contributed by atoms with van der Waals surface area (Å²) in [5.74, 6) is 3.77. The Morgan fingerprint density at radius 2 is 0.621 bits per heavy atom. The Bertz CT molecular complexity index is 1130. The highest BCUT2D eigenvalue weighted by atomic mass is 16.3. The van der Waals surface area contributed by atoms with Gasteiger partial charge in [0, 0.05) is 26.1 Å². The number of nitrogens with two attached hydrogens (primary N) is 4. The molecule has 2 aromatic rings. The number of hydrogen-bond donors (Lipinski definition) is 11. The van der Waals surface area contributed by atoms with Gasteiger partial charge in [0.05, 0.1) is 0 Å². The molecular weight excluding hydrogens is 1210 g/mol. The Balaban J connectivity index is -0.0000000193. The van der Waals surface area contributed by atoms with Crippen LogP contribution in [0.3, 0.4) is 0 Å². The molecule has 0 spiro atoms. The number of benzene rings is 2. The normalized spacial score (nSPS) is 7.47. The maximum atomic E-state index is 10.7. The Labute approximate surface area is 591 Å². The number of aliphatic hydroxyl groups is 1. The molecule has 27 N–H and O–H groups in total. The first-order valence-corrected chi connectivity index (χ1v) is 30.4. The molecule has 23 heteroatoms. The summed E-state index contributed by atoms with van der Waals surface area (Å²) in [6, 6.07) is 20.9. The number of amides is 1. The van der Waals surface area contributed by atoms with Crippen molar-refractivity contribution >= 4 is 73.8 Å². The highest BCUT2D eigenvalue weighted by Gasteiger charge is 2.11. The molecule has 2 aromatic carbocycles. The van der Waals surface area contributed by atoms with Crippen molar-refractivity contribution in [1.82, 2.24) is 41.8 Å². The number of rotatable bonds is 9. The van der Waals surface area contributed by atoms with Crippen LogP contribution in [-0.4, -0.2) is 131 Å². The lowest BCUT2D eigenvalue weighted by Crippen LogP contribution is -2.33. The van der Waals surface area contributed by atoms with E-state index in [0.717, 1.165) is 56.1 Å². The molecular formula is C72H173N11O12. The van der Waals surface area contributed by atoms with Crippen molar-refractivity contribution < 1.29 is 57.8 Å². The third-order valence-electron chi connectivity index (χ3n) is 8.46. The molecule has 0 bridgehead atoms. The average Bonchev–Trinajstić information content (AvgIpc) is 3.65. The Hall–Kier alpha value is -6.35. The van der Waals surface area contributed by atoms with Crippen molar-refractivity contribution in [3.63, 3.8) is 0 Å². The zero-order valence-corrected chi connectivity index (χ0v) is 67.5. The highest BCUT2D eigenvalue weighted by Crippen LogP contribution is 2.07. The number of carbonyl (C=O) groups is 11. The summed E-state index contributed by atoms with van der Waals surface area (Å²) in [5, 5.41) is 8.06. The number of allylic oxidation sites excluding steroid dienone is 3.